The van der Waals surface area contributed by atoms with Gasteiger partial charge < -0.3 is 30.2 Å². The van der Waals surface area contributed by atoms with Crippen LogP contribution in [-0.2, 0) is 101 Å². The molecule has 15 heteroatoms. The Morgan fingerprint density at radius 3 is 1.39 bits per heavy atom. The molecule has 10 aromatic carbocycles. The summed E-state index contributed by atoms with van der Waals surface area (Å²) in [5.74, 6) is 1.86. The van der Waals surface area contributed by atoms with Gasteiger partial charge in [0.05, 0.1) is 39.9 Å². The van der Waals surface area contributed by atoms with Gasteiger partial charge in [-0.1, -0.05) is 304 Å². The Hall–Kier alpha value is -12.4. The maximum atomic E-state index is 11.3. The predicted octanol–water partition coefficient (Wildman–Crippen LogP) is 28.5. The molecule has 18 rings (SSSR count). The summed E-state index contributed by atoms with van der Waals surface area (Å²) in [6.45, 7) is 37.6. The molecule has 0 spiro atoms. The van der Waals surface area contributed by atoms with Crippen molar-refractivity contribution in [1.29, 1.82) is 0 Å². The van der Waals surface area contributed by atoms with Crippen molar-refractivity contribution in [2.75, 3.05) is 4.90 Å². The number of hydrogen-bond acceptors (Lipinski definition) is 11. The van der Waals surface area contributed by atoms with E-state index in [4.69, 9.17) is 34.9 Å². The van der Waals surface area contributed by atoms with E-state index in [1.807, 2.05) is 152 Å². The van der Waals surface area contributed by atoms with Gasteiger partial charge in [-0.3, -0.25) is 24.9 Å². The van der Waals surface area contributed by atoms with E-state index in [2.05, 4.69) is 304 Å². The number of aromatic hydroxyl groups is 3. The summed E-state index contributed by atoms with van der Waals surface area (Å²) in [7, 11) is 0. The quantitative estimate of drug-likeness (QED) is 0.0832. The molecule has 1 aliphatic carbocycles. The van der Waals surface area contributed by atoms with Crippen LogP contribution >= 0.6 is 0 Å². The molecule has 0 saturated carbocycles. The molecule has 0 radical (unpaired) electrons. The number of benzene rings is 10. The third-order valence-electron chi connectivity index (χ3n) is 24.2. The molecule has 0 fully saturated rings. The van der Waals surface area contributed by atoms with E-state index < -0.39 is 10.8 Å². The second kappa shape index (κ2) is 39.6. The molecule has 0 saturated heterocycles. The van der Waals surface area contributed by atoms with Gasteiger partial charge >= 0.3 is 0 Å². The van der Waals surface area contributed by atoms with E-state index in [1.54, 1.807) is 24.3 Å². The number of nitrogens with zero attached hydrogens (tertiary/aromatic N) is 9. The smallest absolute Gasteiger partial charge is 0.136 e. The minimum atomic E-state index is -0.674. The molecule has 3 N–H and O–H groups in total. The standard InChI is InChI=1S/C46H48N3O.C39H31N2O.C32H31N4O.3Pt/c1-44(2,3)34-21-22-42(50)39(30-34)41-28-33(32-24-35(45(4,5)6)29-36(25-32)46(7,8)9)27-40(48-41)31-16-15-19-38(26-31)49(37-17-11-10-12-18-37)43-20-13-14-23-47-43;1-38(2,3)28-24-26(29-13-6-9-19-35(29)42)23-27(25-28)34-18-12-21-37(41-34)39(36-20-10-11-22-40-36)32-16-7-4-14-30(32)31-15-5-8-17-33(31)39;1-31(2,3)22-19-24(34-27(20-22)32(4,5)26-17-11-12-18-33-26)29-28(21-13-7-6-8-14-21)35-30(36-29)23-15-9-10-16-25(23)37;;;/h10-25,27-30,50H,1-9H3;4-22,24-25,42H,1-3H3;6-20H,1-5H3,(H-,34,35,36,37);;;/q3*-1;;;. The number of anilines is 3. The molecular formula is C117H110N9O3Pt3-3. The fourth-order valence-electron chi connectivity index (χ4n) is 16.7. The first kappa shape index (κ1) is 97.1. The van der Waals surface area contributed by atoms with Crippen LogP contribution in [0.3, 0.4) is 0 Å². The van der Waals surface area contributed by atoms with Crippen molar-refractivity contribution in [3.05, 3.63) is 414 Å². The molecule has 0 aliphatic heterocycles. The van der Waals surface area contributed by atoms with Crippen LogP contribution in [0.2, 0.25) is 0 Å². The summed E-state index contributed by atoms with van der Waals surface area (Å²) < 4.78 is 0. The van der Waals surface area contributed by atoms with Crippen molar-refractivity contribution in [3.8, 4) is 118 Å². The number of hydrogen-bond donors (Lipinski definition) is 3. The Bertz CT molecular complexity index is 6790. The molecule has 0 amide bonds. The second-order valence-corrected chi connectivity index (χ2v) is 39.0. The average Bonchev–Trinajstić information content (AvgIpc) is 1.54. The minimum Gasteiger partial charge on any atom is -0.515 e. The maximum Gasteiger partial charge on any atom is 0.136 e. The number of fused-ring (bicyclic) bond motifs is 3. The summed E-state index contributed by atoms with van der Waals surface area (Å²) in [6, 6.07) is 115. The summed E-state index contributed by atoms with van der Waals surface area (Å²) in [5.41, 5.74) is 27.0. The fourth-order valence-corrected chi connectivity index (χ4v) is 16.7. The third-order valence-corrected chi connectivity index (χ3v) is 24.2. The van der Waals surface area contributed by atoms with Gasteiger partial charge in [-0.15, -0.1) is 59.2 Å². The van der Waals surface area contributed by atoms with E-state index in [-0.39, 0.29) is 108 Å². The monoisotopic (exact) mass is 2270 g/mol. The van der Waals surface area contributed by atoms with Crippen LogP contribution in [0.1, 0.15) is 179 Å². The SMILES string of the molecule is CC(C)(C)c1cc(-c2[n-]c(-c3ccccc3O)nc2-c2ccccc2)nc(C(C)(C)c2ccccn2)c1.CC(C)(C)c1cc(-c2cc(-c3[c-]c(N(c4ccccc4)c4ccccn4)ccc3)nc(-c3cc(C(C)(C)C)ccc3O)c2)cc(C(C)(C)C)c1.CC(C)(C)c1cc(-c2cccc(C3(c4ccccn4)c4ccccc4-c4ccccc43)n2)[c-]c(-c2ccccc2O)c1.[Pt].[Pt].[Pt]. The molecule has 7 heterocycles. The van der Waals surface area contributed by atoms with Crippen LogP contribution in [0.4, 0.5) is 17.2 Å². The van der Waals surface area contributed by atoms with E-state index in [0.717, 1.165) is 118 Å². The fraction of sp³-hybridized carbons (Fsp3) is 0.205. The van der Waals surface area contributed by atoms with Gasteiger partial charge in [-0.25, -0.2) is 4.98 Å². The van der Waals surface area contributed by atoms with Crippen molar-refractivity contribution in [1.82, 2.24) is 39.9 Å². The van der Waals surface area contributed by atoms with E-state index in [1.165, 1.54) is 33.4 Å². The Morgan fingerprint density at radius 2 is 0.803 bits per heavy atom. The van der Waals surface area contributed by atoms with Gasteiger partial charge in [0, 0.05) is 110 Å². The molecule has 7 aromatic heterocycles. The molecule has 0 bridgehead atoms. The van der Waals surface area contributed by atoms with Gasteiger partial charge in [0.15, 0.2) is 0 Å². The van der Waals surface area contributed by atoms with Crippen LogP contribution < -0.4 is 9.88 Å². The van der Waals surface area contributed by atoms with Crippen molar-refractivity contribution in [3.63, 3.8) is 0 Å². The first-order valence-electron chi connectivity index (χ1n) is 44.2. The third kappa shape index (κ3) is 20.6. The molecule has 17 aromatic rings. The topological polar surface area (TPSA) is 168 Å². The van der Waals surface area contributed by atoms with E-state index >= 15 is 0 Å². The van der Waals surface area contributed by atoms with Crippen LogP contribution in [0.15, 0.2) is 340 Å². The number of imidazole rings is 1. The maximum absolute atomic E-state index is 11.3. The molecule has 1 aliphatic rings. The number of para-hydroxylation sites is 3. The van der Waals surface area contributed by atoms with Gasteiger partial charge in [-0.2, -0.15) is 0 Å². The Balaban J connectivity index is 0.000000168. The summed E-state index contributed by atoms with van der Waals surface area (Å²) in [4.78, 5) is 42.1. The van der Waals surface area contributed by atoms with Crippen LogP contribution in [-0.4, -0.2) is 50.2 Å². The zero-order chi connectivity index (χ0) is 91.0. The van der Waals surface area contributed by atoms with Gasteiger partial charge in [-0.05, 0) is 233 Å². The molecule has 0 unspecified atom stereocenters. The molecule has 132 heavy (non-hydrogen) atoms. The number of aromatic nitrogens is 8. The Kier molecular flexibility index (Phi) is 29.1. The van der Waals surface area contributed by atoms with Crippen molar-refractivity contribution in [2.24, 2.45) is 0 Å². The number of pyridine rings is 6. The molecule has 0 atom stereocenters. The predicted molar refractivity (Wildman–Crippen MR) is 527 cm³/mol. The summed E-state index contributed by atoms with van der Waals surface area (Å²) in [6.07, 6.45) is 5.49. The zero-order valence-electron chi connectivity index (χ0n) is 77.6. The van der Waals surface area contributed by atoms with Gasteiger partial charge in [0.25, 0.3) is 0 Å². The largest absolute Gasteiger partial charge is 0.515 e. The minimum absolute atomic E-state index is 0. The van der Waals surface area contributed by atoms with Gasteiger partial charge in [0.2, 0.25) is 0 Å². The first-order chi connectivity index (χ1) is 61.6. The van der Waals surface area contributed by atoms with Crippen LogP contribution in [0, 0.1) is 12.1 Å². The number of rotatable bonds is 15. The van der Waals surface area contributed by atoms with E-state index in [9.17, 15) is 15.3 Å². The second-order valence-electron chi connectivity index (χ2n) is 39.0. The number of phenolic OH excluding ortho intramolecular Hbond substituents is 3. The average molecular weight is 2280 g/mol. The summed E-state index contributed by atoms with van der Waals surface area (Å²) in [5, 5.41) is 32.5. The first-order valence-corrected chi connectivity index (χ1v) is 44.2. The Morgan fingerprint density at radius 1 is 0.303 bits per heavy atom. The van der Waals surface area contributed by atoms with Crippen molar-refractivity contribution >= 4 is 17.2 Å². The Labute approximate surface area is 821 Å². The number of phenols is 3. The normalized spacial score (nSPS) is 12.2. The van der Waals surface area contributed by atoms with E-state index in [0.29, 0.717) is 28.3 Å². The van der Waals surface area contributed by atoms with Crippen molar-refractivity contribution in [2.45, 2.75) is 156 Å². The van der Waals surface area contributed by atoms with Crippen molar-refractivity contribution < 1.29 is 78.5 Å². The van der Waals surface area contributed by atoms with Gasteiger partial charge in [0.1, 0.15) is 22.7 Å². The molecule has 674 valence electrons. The van der Waals surface area contributed by atoms with Crippen LogP contribution in [0.25, 0.3) is 101 Å². The van der Waals surface area contributed by atoms with Crippen LogP contribution in [0.5, 0.6) is 17.2 Å². The molecule has 12 nitrogen and oxygen atoms in total. The summed E-state index contributed by atoms with van der Waals surface area (Å²) >= 11 is 0. The molecular weight excluding hydrogens is 2160 g/mol. The zero-order valence-corrected chi connectivity index (χ0v) is 84.5.